The van der Waals surface area contributed by atoms with E-state index in [-0.39, 0.29) is 35.4 Å². The Morgan fingerprint density at radius 3 is 2.32 bits per heavy atom. The molecule has 2 aromatic rings. The van der Waals surface area contributed by atoms with Crippen LogP contribution in [0.5, 0.6) is 5.75 Å². The van der Waals surface area contributed by atoms with Gasteiger partial charge in [0, 0.05) is 11.1 Å². The van der Waals surface area contributed by atoms with Crippen LogP contribution in [0.2, 0.25) is 5.02 Å². The van der Waals surface area contributed by atoms with Gasteiger partial charge in [-0.1, -0.05) is 23.7 Å². The van der Waals surface area contributed by atoms with Crippen LogP contribution < -0.4 is 15.4 Å². The van der Waals surface area contributed by atoms with Crippen LogP contribution in [-0.2, 0) is 11.2 Å². The molecule has 0 atom stereocenters. The summed E-state index contributed by atoms with van der Waals surface area (Å²) in [5.74, 6) is -1.19. The van der Waals surface area contributed by atoms with Crippen molar-refractivity contribution in [2.75, 3.05) is 5.32 Å². The van der Waals surface area contributed by atoms with Crippen molar-refractivity contribution in [3.05, 3.63) is 58.6 Å². The lowest BCUT2D eigenvalue weighted by atomic mass is 10.1. The van der Waals surface area contributed by atoms with Gasteiger partial charge >= 0.3 is 6.36 Å². The van der Waals surface area contributed by atoms with E-state index in [1.165, 1.54) is 30.3 Å². The van der Waals surface area contributed by atoms with Gasteiger partial charge in [0.1, 0.15) is 5.75 Å². The maximum atomic E-state index is 12.3. The molecule has 0 saturated carbocycles. The summed E-state index contributed by atoms with van der Waals surface area (Å²) in [6, 6.07) is 9.34. The van der Waals surface area contributed by atoms with Crippen molar-refractivity contribution in [1.29, 1.82) is 0 Å². The van der Waals surface area contributed by atoms with Crippen LogP contribution in [0.4, 0.5) is 18.9 Å². The number of carbonyl (C=O) groups excluding carboxylic acids is 2. The van der Waals surface area contributed by atoms with Crippen molar-refractivity contribution in [2.24, 2.45) is 0 Å². The molecule has 0 aliphatic carbocycles. The third-order valence-electron chi connectivity index (χ3n) is 3.44. The van der Waals surface area contributed by atoms with Gasteiger partial charge < -0.3 is 15.4 Å². The van der Waals surface area contributed by atoms with Crippen molar-refractivity contribution >= 4 is 29.1 Å². The number of alkyl halides is 3. The van der Waals surface area contributed by atoms with Crippen molar-refractivity contribution in [2.45, 2.75) is 32.7 Å². The van der Waals surface area contributed by atoms with E-state index in [1.54, 1.807) is 13.8 Å². The van der Waals surface area contributed by atoms with E-state index in [1.807, 2.05) is 0 Å². The molecule has 0 aliphatic heterocycles. The van der Waals surface area contributed by atoms with Crippen LogP contribution >= 0.6 is 11.6 Å². The zero-order valence-corrected chi connectivity index (χ0v) is 15.8. The summed E-state index contributed by atoms with van der Waals surface area (Å²) in [4.78, 5) is 24.6. The fourth-order valence-electron chi connectivity index (χ4n) is 2.35. The smallest absolute Gasteiger partial charge is 0.406 e. The molecule has 0 saturated heterocycles. The SMILES string of the molecule is CC(C)NC(=O)c1ccc(Cl)cc1NC(=O)Cc1ccc(OC(F)(F)F)cc1. The number of anilines is 1. The number of nitrogens with one attached hydrogen (secondary N) is 2. The van der Waals surface area contributed by atoms with E-state index in [4.69, 9.17) is 11.6 Å². The minimum Gasteiger partial charge on any atom is -0.406 e. The van der Waals surface area contributed by atoms with Crippen LogP contribution in [0.15, 0.2) is 42.5 Å². The van der Waals surface area contributed by atoms with Gasteiger partial charge in [0.25, 0.3) is 5.91 Å². The predicted octanol–water partition coefficient (Wildman–Crippen LogP) is 4.56. The monoisotopic (exact) mass is 414 g/mol. The molecule has 5 nitrogen and oxygen atoms in total. The molecule has 9 heteroatoms. The number of benzene rings is 2. The Kier molecular flexibility index (Phi) is 6.90. The summed E-state index contributed by atoms with van der Waals surface area (Å²) in [5.41, 5.74) is 0.968. The van der Waals surface area contributed by atoms with Gasteiger partial charge in [0.2, 0.25) is 5.91 Å². The highest BCUT2D eigenvalue weighted by atomic mass is 35.5. The first-order valence-corrected chi connectivity index (χ1v) is 8.66. The second kappa shape index (κ2) is 8.97. The van der Waals surface area contributed by atoms with Crippen molar-refractivity contribution in [3.63, 3.8) is 0 Å². The average molecular weight is 415 g/mol. The fourth-order valence-corrected chi connectivity index (χ4v) is 2.52. The van der Waals surface area contributed by atoms with Gasteiger partial charge in [-0.05, 0) is 49.7 Å². The first-order valence-electron chi connectivity index (χ1n) is 8.28. The molecule has 28 heavy (non-hydrogen) atoms. The molecule has 0 spiro atoms. The summed E-state index contributed by atoms with van der Waals surface area (Å²) < 4.78 is 40.3. The molecular weight excluding hydrogens is 397 g/mol. The number of rotatable bonds is 6. The topological polar surface area (TPSA) is 67.4 Å². The Morgan fingerprint density at radius 2 is 1.75 bits per heavy atom. The number of amides is 2. The number of halogens is 4. The normalized spacial score (nSPS) is 11.2. The third kappa shape index (κ3) is 6.77. The molecule has 0 bridgehead atoms. The predicted molar refractivity (Wildman–Crippen MR) is 99.5 cm³/mol. The van der Waals surface area contributed by atoms with Crippen LogP contribution in [0.1, 0.15) is 29.8 Å². The van der Waals surface area contributed by atoms with Crippen LogP contribution in [0.3, 0.4) is 0 Å². The van der Waals surface area contributed by atoms with Gasteiger partial charge in [0.05, 0.1) is 17.7 Å². The molecule has 150 valence electrons. The Labute approximate surface area is 164 Å². The summed E-state index contributed by atoms with van der Waals surface area (Å²) in [5, 5.41) is 5.68. The van der Waals surface area contributed by atoms with Gasteiger partial charge in [-0.15, -0.1) is 13.2 Å². The van der Waals surface area contributed by atoms with Crippen molar-refractivity contribution in [3.8, 4) is 5.75 Å². The summed E-state index contributed by atoms with van der Waals surface area (Å²) >= 11 is 5.95. The van der Waals surface area contributed by atoms with E-state index in [0.717, 1.165) is 12.1 Å². The number of ether oxygens (including phenoxy) is 1. The Bertz CT molecular complexity index is 852. The van der Waals surface area contributed by atoms with Crippen molar-refractivity contribution in [1.82, 2.24) is 5.32 Å². The Hall–Kier alpha value is -2.74. The summed E-state index contributed by atoms with van der Waals surface area (Å²) in [7, 11) is 0. The quantitative estimate of drug-likeness (QED) is 0.728. The molecule has 2 amide bonds. The second-order valence-electron chi connectivity index (χ2n) is 6.23. The second-order valence-corrected chi connectivity index (χ2v) is 6.67. The maximum Gasteiger partial charge on any atom is 0.573 e. The standard InChI is InChI=1S/C19H18ClF3N2O3/c1-11(2)24-18(27)15-8-5-13(20)10-16(15)25-17(26)9-12-3-6-14(7-4-12)28-19(21,22)23/h3-8,10-11H,9H2,1-2H3,(H,24,27)(H,25,26). The molecule has 0 unspecified atom stereocenters. The highest BCUT2D eigenvalue weighted by Crippen LogP contribution is 2.24. The lowest BCUT2D eigenvalue weighted by molar-refractivity contribution is -0.274. The molecule has 2 N–H and O–H groups in total. The average Bonchev–Trinajstić information content (AvgIpc) is 2.54. The van der Waals surface area contributed by atoms with Crippen LogP contribution in [-0.4, -0.2) is 24.2 Å². The maximum absolute atomic E-state index is 12.3. The Balaban J connectivity index is 2.08. The van der Waals surface area contributed by atoms with Gasteiger partial charge in [0.15, 0.2) is 0 Å². The number of hydrogen-bond acceptors (Lipinski definition) is 3. The van der Waals surface area contributed by atoms with E-state index in [0.29, 0.717) is 10.6 Å². The van der Waals surface area contributed by atoms with Crippen molar-refractivity contribution < 1.29 is 27.5 Å². The molecule has 0 radical (unpaired) electrons. The highest BCUT2D eigenvalue weighted by Gasteiger charge is 2.31. The van der Waals surface area contributed by atoms with Gasteiger partial charge in [-0.2, -0.15) is 0 Å². The zero-order valence-electron chi connectivity index (χ0n) is 15.1. The molecule has 2 aromatic carbocycles. The largest absolute Gasteiger partial charge is 0.573 e. The molecular formula is C19H18ClF3N2O3. The lowest BCUT2D eigenvalue weighted by Gasteiger charge is -2.14. The number of carbonyl (C=O) groups is 2. The van der Waals surface area contributed by atoms with Crippen LogP contribution in [0.25, 0.3) is 0 Å². The molecule has 0 fully saturated rings. The van der Waals surface area contributed by atoms with Crippen LogP contribution in [0, 0.1) is 0 Å². The third-order valence-corrected chi connectivity index (χ3v) is 3.68. The summed E-state index contributed by atoms with van der Waals surface area (Å²) in [6.07, 6.45) is -4.89. The first kappa shape index (κ1) is 21.6. The minimum absolute atomic E-state index is 0.0934. The van der Waals surface area contributed by atoms with Gasteiger partial charge in [-0.3, -0.25) is 9.59 Å². The first-order chi connectivity index (χ1) is 13.0. The minimum atomic E-state index is -4.78. The Morgan fingerprint density at radius 1 is 1.11 bits per heavy atom. The van der Waals surface area contributed by atoms with E-state index >= 15 is 0 Å². The zero-order chi connectivity index (χ0) is 20.9. The molecule has 0 aromatic heterocycles. The number of hydrogen-bond donors (Lipinski definition) is 2. The highest BCUT2D eigenvalue weighted by molar-refractivity contribution is 6.31. The molecule has 0 heterocycles. The van der Waals surface area contributed by atoms with E-state index < -0.39 is 12.3 Å². The fraction of sp³-hybridized carbons (Fsp3) is 0.263. The molecule has 0 aliphatic rings. The van der Waals surface area contributed by atoms with Gasteiger partial charge in [-0.25, -0.2) is 0 Å². The molecule has 2 rings (SSSR count). The lowest BCUT2D eigenvalue weighted by Crippen LogP contribution is -2.31. The van der Waals surface area contributed by atoms with E-state index in [2.05, 4.69) is 15.4 Å². The van der Waals surface area contributed by atoms with E-state index in [9.17, 15) is 22.8 Å². The summed E-state index contributed by atoms with van der Waals surface area (Å²) in [6.45, 7) is 3.61.